The molecule has 234 valence electrons. The fourth-order valence-corrected chi connectivity index (χ4v) is 7.76. The van der Waals surface area contributed by atoms with E-state index < -0.39 is 5.41 Å². The molecule has 1 aliphatic carbocycles. The number of fused-ring (bicyclic) bond motifs is 9. The molecule has 0 unspecified atom stereocenters. The average Bonchev–Trinajstić information content (AvgIpc) is 3.49. The van der Waals surface area contributed by atoms with Gasteiger partial charge in [0.15, 0.2) is 17.5 Å². The van der Waals surface area contributed by atoms with Gasteiger partial charge in [0.25, 0.3) is 0 Å². The molecule has 5 nitrogen and oxygen atoms in total. The van der Waals surface area contributed by atoms with Crippen LogP contribution in [0.3, 0.4) is 0 Å². The largest absolute Gasteiger partial charge is 0.456 e. The van der Waals surface area contributed by atoms with Gasteiger partial charge in [-0.15, -0.1) is 0 Å². The van der Waals surface area contributed by atoms with E-state index in [1.807, 2.05) is 54.6 Å². The smallest absolute Gasteiger partial charge is 0.182 e. The van der Waals surface area contributed by atoms with Crippen LogP contribution in [0.1, 0.15) is 22.3 Å². The van der Waals surface area contributed by atoms with Gasteiger partial charge in [0.05, 0.1) is 5.41 Å². The lowest BCUT2D eigenvalue weighted by molar-refractivity contribution is 0.438. The molecule has 0 radical (unpaired) electrons. The fourth-order valence-electron chi connectivity index (χ4n) is 7.76. The van der Waals surface area contributed by atoms with E-state index in [0.29, 0.717) is 23.2 Å². The van der Waals surface area contributed by atoms with Gasteiger partial charge in [0.2, 0.25) is 0 Å². The highest BCUT2D eigenvalue weighted by Crippen LogP contribution is 2.63. The van der Waals surface area contributed by atoms with Crippen molar-refractivity contribution in [3.05, 3.63) is 192 Å². The lowest BCUT2D eigenvalue weighted by Crippen LogP contribution is -2.32. The normalized spacial score (nSPS) is 13.1. The minimum Gasteiger partial charge on any atom is -0.456 e. The van der Waals surface area contributed by atoms with Crippen LogP contribution in [0.4, 0.5) is 0 Å². The van der Waals surface area contributed by atoms with Gasteiger partial charge in [-0.1, -0.05) is 140 Å². The second kappa shape index (κ2) is 11.2. The average molecular weight is 641 g/mol. The maximum atomic E-state index is 6.93. The Morgan fingerprint density at radius 1 is 0.400 bits per heavy atom. The summed E-state index contributed by atoms with van der Waals surface area (Å²) in [5.74, 6) is 3.41. The van der Waals surface area contributed by atoms with Crippen molar-refractivity contribution in [1.82, 2.24) is 19.9 Å². The maximum Gasteiger partial charge on any atom is 0.182 e. The molecule has 2 aliphatic rings. The second-order valence-electron chi connectivity index (χ2n) is 12.6. The second-order valence-corrected chi connectivity index (χ2v) is 12.6. The molecular weight excluding hydrogens is 613 g/mol. The highest BCUT2D eigenvalue weighted by Gasteiger charge is 2.51. The van der Waals surface area contributed by atoms with Crippen LogP contribution < -0.4 is 4.74 Å². The zero-order valence-corrected chi connectivity index (χ0v) is 26.9. The molecule has 0 amide bonds. The summed E-state index contributed by atoms with van der Waals surface area (Å²) in [5.41, 5.74) is 11.3. The summed E-state index contributed by atoms with van der Waals surface area (Å²) < 4.78 is 6.93. The van der Waals surface area contributed by atoms with Crippen LogP contribution >= 0.6 is 0 Å². The van der Waals surface area contributed by atoms with Crippen LogP contribution in [0.5, 0.6) is 11.5 Å². The lowest BCUT2D eigenvalue weighted by atomic mass is 9.65. The van der Waals surface area contributed by atoms with Crippen molar-refractivity contribution in [2.24, 2.45) is 0 Å². The molecular formula is C45H28N4O. The molecule has 10 rings (SSSR count). The Balaban J connectivity index is 1.18. The van der Waals surface area contributed by atoms with Crippen molar-refractivity contribution in [3.63, 3.8) is 0 Å². The molecule has 8 aromatic rings. The van der Waals surface area contributed by atoms with Gasteiger partial charge in [-0.05, 0) is 52.1 Å². The highest BCUT2D eigenvalue weighted by molar-refractivity contribution is 5.90. The highest BCUT2D eigenvalue weighted by atomic mass is 16.5. The fraction of sp³-hybridized carbons (Fsp3) is 0.0222. The predicted octanol–water partition coefficient (Wildman–Crippen LogP) is 10.4. The Morgan fingerprint density at radius 3 is 1.72 bits per heavy atom. The van der Waals surface area contributed by atoms with Crippen molar-refractivity contribution >= 4 is 0 Å². The third-order valence-corrected chi connectivity index (χ3v) is 9.87. The number of nitrogens with zero attached hydrogens (tertiary/aromatic N) is 4. The SMILES string of the molecule is c1ccc(-c2nc(-c3cccc(-c4cccc5c4Oc4ccccc4C54c5ccccc5-c5ccccc54)c3)nc(-c3ccccn3)n2)cc1. The van der Waals surface area contributed by atoms with Crippen molar-refractivity contribution in [2.45, 2.75) is 5.41 Å². The summed E-state index contributed by atoms with van der Waals surface area (Å²) in [7, 11) is 0. The van der Waals surface area contributed by atoms with Gasteiger partial charge >= 0.3 is 0 Å². The lowest BCUT2D eigenvalue weighted by Gasteiger charge is -2.40. The number of rotatable bonds is 4. The maximum absolute atomic E-state index is 6.93. The summed E-state index contributed by atoms with van der Waals surface area (Å²) in [6, 6.07) is 56.7. The number of aromatic nitrogens is 4. The van der Waals surface area contributed by atoms with Crippen LogP contribution in [0, 0.1) is 0 Å². The first-order chi connectivity index (χ1) is 24.8. The van der Waals surface area contributed by atoms with Gasteiger partial charge in [-0.2, -0.15) is 0 Å². The van der Waals surface area contributed by atoms with Crippen LogP contribution in [0.25, 0.3) is 56.5 Å². The standard InChI is InChI=1S/C45H28N4O/c1-2-14-29(15-3-1)42-47-43(49-44(48-42)39-25-10-11-27-46-39)31-17-12-16-30(28-31)32-20-13-24-38-41(32)50-40-26-9-8-23-37(40)45(38)35-21-6-4-18-33(35)34-19-5-7-22-36(34)45/h1-28H. The van der Waals surface area contributed by atoms with Crippen LogP contribution in [-0.2, 0) is 5.41 Å². The molecule has 5 heteroatoms. The van der Waals surface area contributed by atoms with Crippen molar-refractivity contribution < 1.29 is 4.74 Å². The number of hydrogen-bond donors (Lipinski definition) is 0. The molecule has 3 heterocycles. The van der Waals surface area contributed by atoms with E-state index in [1.54, 1.807) is 6.20 Å². The van der Waals surface area contributed by atoms with E-state index in [9.17, 15) is 0 Å². The summed E-state index contributed by atoms with van der Waals surface area (Å²) in [4.78, 5) is 19.3. The molecule has 1 aliphatic heterocycles. The number of para-hydroxylation sites is 2. The topological polar surface area (TPSA) is 60.8 Å². The van der Waals surface area contributed by atoms with E-state index in [-0.39, 0.29) is 0 Å². The van der Waals surface area contributed by atoms with Gasteiger partial charge in [0, 0.05) is 34.0 Å². The Morgan fingerprint density at radius 2 is 0.960 bits per heavy atom. The first-order valence-electron chi connectivity index (χ1n) is 16.7. The third-order valence-electron chi connectivity index (χ3n) is 9.87. The Bertz CT molecular complexity index is 2480. The van der Waals surface area contributed by atoms with Gasteiger partial charge in [0.1, 0.15) is 17.2 Å². The van der Waals surface area contributed by atoms with Crippen molar-refractivity contribution in [3.8, 4) is 68.0 Å². The molecule has 0 atom stereocenters. The van der Waals surface area contributed by atoms with Crippen LogP contribution in [0.2, 0.25) is 0 Å². The molecule has 6 aromatic carbocycles. The van der Waals surface area contributed by atoms with Crippen molar-refractivity contribution in [2.75, 3.05) is 0 Å². The molecule has 0 saturated heterocycles. The molecule has 0 N–H and O–H groups in total. The summed E-state index contributed by atoms with van der Waals surface area (Å²) in [6.07, 6.45) is 1.76. The van der Waals surface area contributed by atoms with Gasteiger partial charge < -0.3 is 4.74 Å². The molecule has 50 heavy (non-hydrogen) atoms. The molecule has 0 saturated carbocycles. The van der Waals surface area contributed by atoms with E-state index in [2.05, 4.69) is 114 Å². The minimum absolute atomic E-state index is 0.525. The van der Waals surface area contributed by atoms with E-state index in [0.717, 1.165) is 44.9 Å². The zero-order chi connectivity index (χ0) is 33.1. The number of pyridine rings is 1. The van der Waals surface area contributed by atoms with Crippen LogP contribution in [0.15, 0.2) is 170 Å². The Hall–Kier alpha value is -6.72. The molecule has 2 aromatic heterocycles. The Labute approximate surface area is 289 Å². The third kappa shape index (κ3) is 4.20. The molecule has 0 bridgehead atoms. The summed E-state index contributed by atoms with van der Waals surface area (Å²) >= 11 is 0. The number of ether oxygens (including phenoxy) is 1. The molecule has 0 fully saturated rings. The number of benzene rings is 6. The van der Waals surface area contributed by atoms with Gasteiger partial charge in [-0.3, -0.25) is 4.98 Å². The summed E-state index contributed by atoms with van der Waals surface area (Å²) in [5, 5.41) is 0. The summed E-state index contributed by atoms with van der Waals surface area (Å²) in [6.45, 7) is 0. The van der Waals surface area contributed by atoms with E-state index in [1.165, 1.54) is 22.3 Å². The monoisotopic (exact) mass is 640 g/mol. The van der Waals surface area contributed by atoms with Crippen molar-refractivity contribution in [1.29, 1.82) is 0 Å². The first-order valence-corrected chi connectivity index (χ1v) is 16.7. The number of hydrogen-bond acceptors (Lipinski definition) is 5. The predicted molar refractivity (Wildman–Crippen MR) is 197 cm³/mol. The van der Waals surface area contributed by atoms with E-state index >= 15 is 0 Å². The Kier molecular flexibility index (Phi) is 6.33. The minimum atomic E-state index is -0.526. The van der Waals surface area contributed by atoms with E-state index in [4.69, 9.17) is 19.7 Å². The quantitative estimate of drug-likeness (QED) is 0.192. The molecule has 1 spiro atoms. The van der Waals surface area contributed by atoms with Gasteiger partial charge in [-0.25, -0.2) is 15.0 Å². The van der Waals surface area contributed by atoms with Crippen LogP contribution in [-0.4, -0.2) is 19.9 Å². The first kappa shape index (κ1) is 28.3. The zero-order valence-electron chi connectivity index (χ0n) is 26.9.